The molecule has 292 valence electrons. The van der Waals surface area contributed by atoms with Crippen molar-refractivity contribution in [2.45, 2.75) is 112 Å². The van der Waals surface area contributed by atoms with E-state index in [0.717, 1.165) is 28.9 Å². The molecule has 5 amide bonds. The monoisotopic (exact) mass is 823 g/mol. The van der Waals surface area contributed by atoms with Gasteiger partial charge < -0.3 is 25.0 Å². The molecule has 54 heavy (non-hydrogen) atoms. The summed E-state index contributed by atoms with van der Waals surface area (Å²) in [5, 5.41) is 6.00. The van der Waals surface area contributed by atoms with E-state index in [1.807, 2.05) is 12.1 Å². The van der Waals surface area contributed by atoms with E-state index in [0.29, 0.717) is 30.8 Å². The molecule has 18 heteroatoms. The van der Waals surface area contributed by atoms with Crippen LogP contribution in [0.5, 0.6) is 0 Å². The Hall–Kier alpha value is -3.86. The lowest BCUT2D eigenvalue weighted by Gasteiger charge is -2.30. The first kappa shape index (κ1) is 39.8. The van der Waals surface area contributed by atoms with Gasteiger partial charge in [0.15, 0.2) is 0 Å². The summed E-state index contributed by atoms with van der Waals surface area (Å²) in [6.45, 7) is 5.48. The minimum Gasteiger partial charge on any atom is -0.444 e. The zero-order chi connectivity index (χ0) is 39.0. The van der Waals surface area contributed by atoms with Gasteiger partial charge in [-0.2, -0.15) is 0 Å². The summed E-state index contributed by atoms with van der Waals surface area (Å²) in [6.07, 6.45) is 4.25. The summed E-state index contributed by atoms with van der Waals surface area (Å²) in [7, 11) is -4.32. The molecule has 3 aliphatic heterocycles. The summed E-state index contributed by atoms with van der Waals surface area (Å²) in [5.41, 5.74) is -0.678. The van der Waals surface area contributed by atoms with Crippen LogP contribution in [-0.2, 0) is 47.0 Å². The molecule has 5 atom stereocenters. The molecule has 3 N–H and O–H groups in total. The zero-order valence-electron chi connectivity index (χ0n) is 30.1. The van der Waals surface area contributed by atoms with Gasteiger partial charge in [0.25, 0.3) is 15.9 Å². The van der Waals surface area contributed by atoms with Gasteiger partial charge in [-0.25, -0.2) is 22.7 Å². The predicted octanol–water partition coefficient (Wildman–Crippen LogP) is 5.27. The van der Waals surface area contributed by atoms with Crippen molar-refractivity contribution in [3.63, 3.8) is 0 Å². The molecule has 4 aliphatic rings. The number of allylic oxidation sites excluding steroid dienone is 1. The van der Waals surface area contributed by atoms with Gasteiger partial charge in [0.1, 0.15) is 33.5 Å². The Balaban J connectivity index is 1.26. The Morgan fingerprint density at radius 3 is 2.52 bits per heavy atom. The van der Waals surface area contributed by atoms with Crippen molar-refractivity contribution >= 4 is 74.5 Å². The fourth-order valence-corrected chi connectivity index (χ4v) is 9.75. The number of rotatable bonds is 5. The third-order valence-electron chi connectivity index (χ3n) is 9.79. The average molecular weight is 825 g/mol. The van der Waals surface area contributed by atoms with E-state index in [2.05, 4.69) is 15.4 Å². The molecule has 2 fully saturated rings. The molecule has 6 rings (SSSR count). The maximum atomic E-state index is 14.4. The number of hydrogen-bond acceptors (Lipinski definition) is 10. The van der Waals surface area contributed by atoms with Gasteiger partial charge in [0.05, 0.1) is 10.9 Å². The van der Waals surface area contributed by atoms with Crippen LogP contribution in [0, 0.1) is 5.92 Å². The van der Waals surface area contributed by atoms with Gasteiger partial charge in [-0.3, -0.25) is 19.3 Å². The van der Waals surface area contributed by atoms with E-state index in [1.54, 1.807) is 39.0 Å². The quantitative estimate of drug-likeness (QED) is 0.339. The molecule has 5 unspecified atom stereocenters. The van der Waals surface area contributed by atoms with Crippen LogP contribution < -0.4 is 15.4 Å². The van der Waals surface area contributed by atoms with Crippen LogP contribution in [0.1, 0.15) is 76.8 Å². The number of thiophene rings is 1. The van der Waals surface area contributed by atoms with Gasteiger partial charge in [-0.15, -0.1) is 11.3 Å². The minimum atomic E-state index is -4.32. The normalized spacial score (nSPS) is 26.0. The fraction of sp³-hybridized carbons (Fsp3) is 0.528. The Bertz CT molecular complexity index is 1970. The van der Waals surface area contributed by atoms with Crippen LogP contribution in [0.4, 0.5) is 9.59 Å². The first-order valence-corrected chi connectivity index (χ1v) is 20.8. The number of amides is 5. The lowest BCUT2D eigenvalue weighted by molar-refractivity contribution is -0.141. The SMILES string of the molecule is CC(C)(C)OC(=O)NC1CCCCCC=CC2CC2(C(=O)NS(=O)(=O)c2ccc(Cl)s2)NC(=O)C2CC(OC(=O)N3Cc4ccc(Cl)cc4C3)CN2C1=O. The number of alkyl carbamates (subject to hydrolysis) is 1. The first-order valence-electron chi connectivity index (χ1n) is 17.8. The topological polar surface area (TPSA) is 181 Å². The summed E-state index contributed by atoms with van der Waals surface area (Å²) >= 11 is 12.9. The number of sulfonamides is 1. The van der Waals surface area contributed by atoms with E-state index in [1.165, 1.54) is 21.9 Å². The number of nitrogens with zero attached hydrogens (tertiary/aromatic N) is 2. The van der Waals surface area contributed by atoms with Crippen LogP contribution in [0.15, 0.2) is 46.7 Å². The van der Waals surface area contributed by atoms with Gasteiger partial charge in [0, 0.05) is 30.5 Å². The molecule has 1 saturated heterocycles. The second-order valence-electron chi connectivity index (χ2n) is 15.0. The molecule has 1 saturated carbocycles. The van der Waals surface area contributed by atoms with E-state index >= 15 is 0 Å². The van der Waals surface area contributed by atoms with Crippen molar-refractivity contribution in [1.29, 1.82) is 0 Å². The molecule has 1 aromatic carbocycles. The Morgan fingerprint density at radius 2 is 1.80 bits per heavy atom. The second kappa shape index (κ2) is 15.7. The fourth-order valence-electron chi connectivity index (χ4n) is 7.03. The third-order valence-corrected chi connectivity index (χ3v) is 13.1. The molecule has 2 aromatic rings. The van der Waals surface area contributed by atoms with Crippen LogP contribution in [0.3, 0.4) is 0 Å². The molecule has 14 nitrogen and oxygen atoms in total. The highest BCUT2D eigenvalue weighted by molar-refractivity contribution is 7.92. The molecule has 1 aliphatic carbocycles. The molecule has 1 aromatic heterocycles. The molecule has 0 spiro atoms. The van der Waals surface area contributed by atoms with Gasteiger partial charge in [-0.05, 0) is 81.8 Å². The largest absolute Gasteiger partial charge is 0.444 e. The standard InChI is InChI=1S/C36H43Cl2N5O9S2/c1-35(2,3)52-33(47)39-26-10-8-6-4-5-7-9-23-17-36(23,32(46)41-54(49,50)29-14-13-28(38)53-29)40-30(44)27-16-25(20-43(27)31(26)45)51-34(48)42-18-21-11-12-24(37)15-22(21)19-42/h7,9,11-15,23,25-27H,4-6,8,10,16-20H2,1-3H3,(H,39,47)(H,40,44)(H,41,46). The van der Waals surface area contributed by atoms with E-state index in [4.69, 9.17) is 32.7 Å². The number of fused-ring (bicyclic) bond motifs is 3. The number of hydrogen-bond donors (Lipinski definition) is 3. The molecule has 0 bridgehead atoms. The smallest absolute Gasteiger partial charge is 0.410 e. The Labute approximate surface area is 327 Å². The van der Waals surface area contributed by atoms with Crippen molar-refractivity contribution in [2.75, 3.05) is 6.54 Å². The lowest BCUT2D eigenvalue weighted by atomic mass is 10.0. The number of carbonyl (C=O) groups is 5. The summed E-state index contributed by atoms with van der Waals surface area (Å²) in [5.74, 6) is -2.78. The summed E-state index contributed by atoms with van der Waals surface area (Å²) in [6, 6.07) is 5.73. The van der Waals surface area contributed by atoms with E-state index in [-0.39, 0.29) is 40.9 Å². The van der Waals surface area contributed by atoms with Gasteiger partial charge in [0.2, 0.25) is 11.8 Å². The number of ether oxygens (including phenoxy) is 2. The average Bonchev–Trinajstić information content (AvgIpc) is 3.44. The van der Waals surface area contributed by atoms with Crippen LogP contribution in [-0.4, -0.2) is 84.0 Å². The molecule has 4 heterocycles. The highest BCUT2D eigenvalue weighted by Gasteiger charge is 2.62. The number of carbonyl (C=O) groups excluding carboxylic acids is 5. The number of benzene rings is 1. The maximum absolute atomic E-state index is 14.4. The highest BCUT2D eigenvalue weighted by atomic mass is 35.5. The van der Waals surface area contributed by atoms with Gasteiger partial charge >= 0.3 is 12.2 Å². The summed E-state index contributed by atoms with van der Waals surface area (Å²) < 4.78 is 39.8. The van der Waals surface area contributed by atoms with Gasteiger partial charge in [-0.1, -0.05) is 54.3 Å². The van der Waals surface area contributed by atoms with Crippen molar-refractivity contribution in [2.24, 2.45) is 5.92 Å². The highest BCUT2D eigenvalue weighted by Crippen LogP contribution is 2.46. The molecule has 0 radical (unpaired) electrons. The van der Waals surface area contributed by atoms with Crippen molar-refractivity contribution in [3.05, 3.63) is 63.0 Å². The second-order valence-corrected chi connectivity index (χ2v) is 19.1. The Kier molecular flexibility index (Phi) is 11.6. The minimum absolute atomic E-state index is 0.112. The maximum Gasteiger partial charge on any atom is 0.410 e. The number of nitrogens with one attached hydrogen (secondary N) is 3. The molecular formula is C36H43Cl2N5O9S2. The van der Waals surface area contributed by atoms with E-state index < -0.39 is 75.2 Å². The van der Waals surface area contributed by atoms with Crippen LogP contribution in [0.25, 0.3) is 0 Å². The van der Waals surface area contributed by atoms with Crippen LogP contribution in [0.2, 0.25) is 9.36 Å². The number of halogens is 2. The third kappa shape index (κ3) is 9.15. The Morgan fingerprint density at radius 1 is 1.04 bits per heavy atom. The van der Waals surface area contributed by atoms with E-state index in [9.17, 15) is 32.4 Å². The zero-order valence-corrected chi connectivity index (χ0v) is 33.2. The van der Waals surface area contributed by atoms with Crippen molar-refractivity contribution < 1.29 is 41.9 Å². The molecular weight excluding hydrogens is 781 g/mol. The first-order chi connectivity index (χ1) is 25.4. The summed E-state index contributed by atoms with van der Waals surface area (Å²) in [4.78, 5) is 71.6. The van der Waals surface area contributed by atoms with Crippen molar-refractivity contribution in [1.82, 2.24) is 25.2 Å². The van der Waals surface area contributed by atoms with Crippen LogP contribution >= 0.6 is 34.5 Å². The van der Waals surface area contributed by atoms with Crippen molar-refractivity contribution in [3.8, 4) is 0 Å². The predicted molar refractivity (Wildman–Crippen MR) is 200 cm³/mol. The lowest BCUT2D eigenvalue weighted by Crippen LogP contribution is -2.58.